The van der Waals surface area contributed by atoms with Gasteiger partial charge in [-0.15, -0.1) is 0 Å². The highest BCUT2D eigenvalue weighted by Gasteiger charge is 2.15. The van der Waals surface area contributed by atoms with Crippen molar-refractivity contribution in [3.63, 3.8) is 0 Å². The first-order valence-corrected chi connectivity index (χ1v) is 9.13. The van der Waals surface area contributed by atoms with Gasteiger partial charge in [0.05, 0.1) is 40.7 Å². The Morgan fingerprint density at radius 3 is 2.36 bits per heavy atom. The van der Waals surface area contributed by atoms with Gasteiger partial charge in [0, 0.05) is 11.6 Å². The Bertz CT molecular complexity index is 794. The van der Waals surface area contributed by atoms with E-state index in [1.54, 1.807) is 39.5 Å². The minimum absolute atomic E-state index is 0.0983. The van der Waals surface area contributed by atoms with E-state index < -0.39 is 0 Å². The lowest BCUT2D eigenvalue weighted by molar-refractivity contribution is -0.885. The standard InChI is InChI=1S/C21H28N2O5/c1-6-28-18-10-7-15(11-20(18)27-5)13-23(2)14-21(24)22-17-9-8-16(25-3)12-19(17)26-4/h7-12H,6,13-14H2,1-5H3,(H,22,24)/p+1. The zero-order chi connectivity index (χ0) is 20.5. The highest BCUT2D eigenvalue weighted by molar-refractivity contribution is 5.93. The number of methoxy groups -OCH3 is 3. The van der Waals surface area contributed by atoms with Crippen LogP contribution in [0, 0.1) is 0 Å². The summed E-state index contributed by atoms with van der Waals surface area (Å²) in [6.07, 6.45) is 0. The number of benzene rings is 2. The predicted octanol–water partition coefficient (Wildman–Crippen LogP) is 1.76. The van der Waals surface area contributed by atoms with Gasteiger partial charge in [-0.25, -0.2) is 0 Å². The Kier molecular flexibility index (Phi) is 7.95. The molecule has 2 aromatic carbocycles. The summed E-state index contributed by atoms with van der Waals surface area (Å²) in [4.78, 5) is 13.5. The average Bonchev–Trinajstić information content (AvgIpc) is 2.69. The normalized spacial score (nSPS) is 11.5. The maximum atomic E-state index is 12.4. The zero-order valence-corrected chi connectivity index (χ0v) is 17.1. The number of nitrogens with one attached hydrogen (secondary N) is 2. The van der Waals surface area contributed by atoms with Crippen molar-refractivity contribution in [1.82, 2.24) is 0 Å². The Hall–Kier alpha value is -2.93. The highest BCUT2D eigenvalue weighted by Crippen LogP contribution is 2.29. The molecule has 7 nitrogen and oxygen atoms in total. The average molecular weight is 389 g/mol. The third kappa shape index (κ3) is 5.79. The van der Waals surface area contributed by atoms with Crippen LogP contribution in [0.2, 0.25) is 0 Å². The Morgan fingerprint density at radius 1 is 0.964 bits per heavy atom. The molecule has 1 unspecified atom stereocenters. The molecule has 0 aromatic heterocycles. The van der Waals surface area contributed by atoms with Crippen LogP contribution in [0.3, 0.4) is 0 Å². The first-order valence-electron chi connectivity index (χ1n) is 9.13. The molecule has 2 aromatic rings. The molecule has 0 heterocycles. The molecule has 0 saturated heterocycles. The molecule has 2 rings (SSSR count). The fraction of sp³-hybridized carbons (Fsp3) is 0.381. The fourth-order valence-corrected chi connectivity index (χ4v) is 2.88. The lowest BCUT2D eigenvalue weighted by Crippen LogP contribution is -3.08. The van der Waals surface area contributed by atoms with Crippen LogP contribution in [0.5, 0.6) is 23.0 Å². The van der Waals surface area contributed by atoms with Crippen LogP contribution < -0.4 is 29.2 Å². The van der Waals surface area contributed by atoms with Crippen molar-refractivity contribution in [2.75, 3.05) is 46.8 Å². The van der Waals surface area contributed by atoms with Crippen LogP contribution >= 0.6 is 0 Å². The minimum atomic E-state index is -0.0983. The number of rotatable bonds is 10. The Labute approximate surface area is 166 Å². The number of likely N-dealkylation sites (N-methyl/N-ethyl adjacent to an activating group) is 1. The Balaban J connectivity index is 1.97. The maximum absolute atomic E-state index is 12.4. The molecular formula is C21H29N2O5+. The van der Waals surface area contributed by atoms with Gasteiger partial charge in [0.15, 0.2) is 18.0 Å². The van der Waals surface area contributed by atoms with E-state index in [1.165, 1.54) is 0 Å². The van der Waals surface area contributed by atoms with Crippen molar-refractivity contribution in [1.29, 1.82) is 0 Å². The second-order valence-electron chi connectivity index (χ2n) is 6.34. The molecule has 1 atom stereocenters. The number of carbonyl (C=O) groups excluding carboxylic acids is 1. The molecular weight excluding hydrogens is 360 g/mol. The summed E-state index contributed by atoms with van der Waals surface area (Å²) in [5, 5.41) is 2.89. The van der Waals surface area contributed by atoms with Gasteiger partial charge in [-0.05, 0) is 37.3 Å². The number of quaternary nitrogens is 1. The third-order valence-electron chi connectivity index (χ3n) is 4.18. The van der Waals surface area contributed by atoms with Crippen LogP contribution in [-0.4, -0.2) is 47.4 Å². The van der Waals surface area contributed by atoms with Crippen LogP contribution in [0.1, 0.15) is 12.5 Å². The lowest BCUT2D eigenvalue weighted by Gasteiger charge is -2.16. The van der Waals surface area contributed by atoms with E-state index in [-0.39, 0.29) is 5.91 Å². The van der Waals surface area contributed by atoms with Crippen molar-refractivity contribution >= 4 is 11.6 Å². The molecule has 1 amide bonds. The quantitative estimate of drug-likeness (QED) is 0.648. The number of amides is 1. The summed E-state index contributed by atoms with van der Waals surface area (Å²) in [6.45, 7) is 3.50. The van der Waals surface area contributed by atoms with Crippen molar-refractivity contribution in [2.24, 2.45) is 0 Å². The second kappa shape index (κ2) is 10.4. The van der Waals surface area contributed by atoms with Gasteiger partial charge in [-0.2, -0.15) is 0 Å². The number of hydrogen-bond donors (Lipinski definition) is 2. The molecule has 0 radical (unpaired) electrons. The largest absolute Gasteiger partial charge is 0.497 e. The summed E-state index contributed by atoms with van der Waals surface area (Å²) in [5.74, 6) is 2.54. The van der Waals surface area contributed by atoms with Crippen LogP contribution in [0.15, 0.2) is 36.4 Å². The summed E-state index contributed by atoms with van der Waals surface area (Å²) in [5.41, 5.74) is 1.68. The van der Waals surface area contributed by atoms with Crippen LogP contribution in [-0.2, 0) is 11.3 Å². The molecule has 7 heteroatoms. The van der Waals surface area contributed by atoms with Crippen LogP contribution in [0.25, 0.3) is 0 Å². The fourth-order valence-electron chi connectivity index (χ4n) is 2.88. The van der Waals surface area contributed by atoms with E-state index in [1.807, 2.05) is 32.2 Å². The van der Waals surface area contributed by atoms with Gasteiger partial charge in [0.1, 0.15) is 18.0 Å². The topological polar surface area (TPSA) is 70.5 Å². The lowest BCUT2D eigenvalue weighted by atomic mass is 10.2. The van der Waals surface area contributed by atoms with Gasteiger partial charge in [0.2, 0.25) is 0 Å². The van der Waals surface area contributed by atoms with Gasteiger partial charge in [-0.3, -0.25) is 4.79 Å². The Morgan fingerprint density at radius 2 is 1.71 bits per heavy atom. The van der Waals surface area contributed by atoms with E-state index in [2.05, 4.69) is 5.32 Å². The maximum Gasteiger partial charge on any atom is 0.279 e. The molecule has 0 fully saturated rings. The summed E-state index contributed by atoms with van der Waals surface area (Å²) < 4.78 is 21.4. The number of carbonyl (C=O) groups is 1. The highest BCUT2D eigenvalue weighted by atomic mass is 16.5. The number of ether oxygens (including phenoxy) is 4. The molecule has 0 saturated carbocycles. The van der Waals surface area contributed by atoms with Gasteiger partial charge < -0.3 is 29.2 Å². The molecule has 0 spiro atoms. The summed E-state index contributed by atoms with van der Waals surface area (Å²) in [6, 6.07) is 11.1. The first kappa shape index (κ1) is 21.4. The van der Waals surface area contributed by atoms with E-state index in [0.29, 0.717) is 42.6 Å². The van der Waals surface area contributed by atoms with Gasteiger partial charge >= 0.3 is 0 Å². The second-order valence-corrected chi connectivity index (χ2v) is 6.34. The molecule has 0 aliphatic rings. The van der Waals surface area contributed by atoms with Gasteiger partial charge in [-0.1, -0.05) is 0 Å². The van der Waals surface area contributed by atoms with Crippen molar-refractivity contribution in [3.05, 3.63) is 42.0 Å². The first-order chi connectivity index (χ1) is 13.5. The summed E-state index contributed by atoms with van der Waals surface area (Å²) >= 11 is 0. The monoisotopic (exact) mass is 389 g/mol. The van der Waals surface area contributed by atoms with Gasteiger partial charge in [0.25, 0.3) is 5.91 Å². The van der Waals surface area contributed by atoms with Crippen LogP contribution in [0.4, 0.5) is 5.69 Å². The van der Waals surface area contributed by atoms with E-state index >= 15 is 0 Å². The molecule has 152 valence electrons. The predicted molar refractivity (Wildman–Crippen MR) is 108 cm³/mol. The van der Waals surface area contributed by atoms with Crippen molar-refractivity contribution in [3.8, 4) is 23.0 Å². The molecule has 0 aliphatic heterocycles. The molecule has 28 heavy (non-hydrogen) atoms. The molecule has 2 N–H and O–H groups in total. The smallest absolute Gasteiger partial charge is 0.279 e. The third-order valence-corrected chi connectivity index (χ3v) is 4.18. The number of hydrogen-bond acceptors (Lipinski definition) is 5. The van der Waals surface area contributed by atoms with Crippen molar-refractivity contribution in [2.45, 2.75) is 13.5 Å². The minimum Gasteiger partial charge on any atom is -0.497 e. The van der Waals surface area contributed by atoms with E-state index in [0.717, 1.165) is 16.2 Å². The van der Waals surface area contributed by atoms with Crippen molar-refractivity contribution < 1.29 is 28.6 Å². The summed E-state index contributed by atoms with van der Waals surface area (Å²) in [7, 11) is 6.73. The molecule has 0 bridgehead atoms. The number of anilines is 1. The molecule has 0 aliphatic carbocycles. The SMILES string of the molecule is CCOc1ccc(C[NH+](C)CC(=O)Nc2ccc(OC)cc2OC)cc1OC. The zero-order valence-electron chi connectivity index (χ0n) is 17.1. The van der Waals surface area contributed by atoms with E-state index in [9.17, 15) is 4.79 Å². The van der Waals surface area contributed by atoms with E-state index in [4.69, 9.17) is 18.9 Å².